The SMILES string of the molecule is O=C(CCl)Nc1nc(-c2ccccc2)cs1.O=C(CCl)Nc1nc(-c2ccccc2)cs1. The van der Waals surface area contributed by atoms with Crippen molar-refractivity contribution in [1.82, 2.24) is 9.97 Å². The van der Waals surface area contributed by atoms with Crippen molar-refractivity contribution in [2.24, 2.45) is 0 Å². The third kappa shape index (κ3) is 7.13. The molecule has 2 heterocycles. The number of carbonyl (C=O) groups is 2. The smallest absolute Gasteiger partial charge is 0.241 e. The fourth-order valence-electron chi connectivity index (χ4n) is 2.45. The summed E-state index contributed by atoms with van der Waals surface area (Å²) in [5.41, 5.74) is 3.78. The van der Waals surface area contributed by atoms with Crippen molar-refractivity contribution in [3.63, 3.8) is 0 Å². The Morgan fingerprint density at radius 1 is 0.688 bits per heavy atom. The summed E-state index contributed by atoms with van der Waals surface area (Å²) in [5, 5.41) is 10.2. The van der Waals surface area contributed by atoms with E-state index in [0.717, 1.165) is 22.5 Å². The summed E-state index contributed by atoms with van der Waals surface area (Å²) in [6, 6.07) is 19.6. The first-order valence-corrected chi connectivity index (χ1v) is 12.2. The Morgan fingerprint density at radius 3 is 1.41 bits per heavy atom. The van der Waals surface area contributed by atoms with Gasteiger partial charge in [0.1, 0.15) is 11.8 Å². The number of halogens is 2. The van der Waals surface area contributed by atoms with Crippen molar-refractivity contribution in [1.29, 1.82) is 0 Å². The number of carbonyl (C=O) groups excluding carboxylic acids is 2. The maximum absolute atomic E-state index is 11.1. The van der Waals surface area contributed by atoms with Crippen molar-refractivity contribution in [3.8, 4) is 22.5 Å². The van der Waals surface area contributed by atoms with Crippen molar-refractivity contribution >= 4 is 68.0 Å². The minimum atomic E-state index is -0.240. The summed E-state index contributed by atoms with van der Waals surface area (Å²) in [4.78, 5) is 30.7. The average Bonchev–Trinajstić information content (AvgIpc) is 3.50. The van der Waals surface area contributed by atoms with Gasteiger partial charge in [0.25, 0.3) is 0 Å². The maximum atomic E-state index is 11.1. The number of anilines is 2. The molecule has 2 amide bonds. The minimum absolute atomic E-state index is 0.0553. The molecule has 2 N–H and O–H groups in total. The lowest BCUT2D eigenvalue weighted by molar-refractivity contribution is -0.114. The highest BCUT2D eigenvalue weighted by Crippen LogP contribution is 2.25. The topological polar surface area (TPSA) is 84.0 Å². The fourth-order valence-corrected chi connectivity index (χ4v) is 4.06. The lowest BCUT2D eigenvalue weighted by Gasteiger charge is -1.96. The van der Waals surface area contributed by atoms with Gasteiger partial charge in [-0.2, -0.15) is 0 Å². The molecule has 0 aliphatic carbocycles. The summed E-state index contributed by atoms with van der Waals surface area (Å²) in [5.74, 6) is -0.591. The molecule has 0 radical (unpaired) electrons. The number of benzene rings is 2. The summed E-state index contributed by atoms with van der Waals surface area (Å²) in [7, 11) is 0. The molecule has 0 fully saturated rings. The Kier molecular flexibility index (Phi) is 9.18. The van der Waals surface area contributed by atoms with E-state index in [2.05, 4.69) is 20.6 Å². The molecular formula is C22H18Cl2N4O2S2. The van der Waals surface area contributed by atoms with Crippen LogP contribution in [0, 0.1) is 0 Å². The molecule has 0 saturated carbocycles. The van der Waals surface area contributed by atoms with Crippen molar-refractivity contribution in [2.45, 2.75) is 0 Å². The van der Waals surface area contributed by atoms with Crippen molar-refractivity contribution < 1.29 is 9.59 Å². The number of thiazole rings is 2. The van der Waals surface area contributed by atoms with Crippen LogP contribution in [0.1, 0.15) is 0 Å². The predicted octanol–water partition coefficient (Wildman–Crippen LogP) is 5.97. The summed E-state index contributed by atoms with van der Waals surface area (Å²) < 4.78 is 0. The highest BCUT2D eigenvalue weighted by Gasteiger charge is 2.07. The van der Waals surface area contributed by atoms with Crippen LogP contribution in [0.15, 0.2) is 71.4 Å². The van der Waals surface area contributed by atoms with Crippen LogP contribution in [-0.2, 0) is 9.59 Å². The molecular weight excluding hydrogens is 487 g/mol. The van der Waals surface area contributed by atoms with E-state index in [4.69, 9.17) is 23.2 Å². The zero-order valence-electron chi connectivity index (χ0n) is 16.6. The quantitative estimate of drug-likeness (QED) is 0.316. The van der Waals surface area contributed by atoms with Crippen LogP contribution in [0.4, 0.5) is 10.3 Å². The minimum Gasteiger partial charge on any atom is -0.301 e. The zero-order chi connectivity index (χ0) is 22.8. The van der Waals surface area contributed by atoms with E-state index >= 15 is 0 Å². The second-order valence-electron chi connectivity index (χ2n) is 6.17. The zero-order valence-corrected chi connectivity index (χ0v) is 19.8. The van der Waals surface area contributed by atoms with Gasteiger partial charge in [0, 0.05) is 21.9 Å². The number of alkyl halides is 2. The molecule has 2 aromatic heterocycles. The van der Waals surface area contributed by atoms with Gasteiger partial charge in [0.2, 0.25) is 11.8 Å². The normalized spacial score (nSPS) is 10.1. The molecule has 0 atom stereocenters. The van der Waals surface area contributed by atoms with Gasteiger partial charge in [-0.1, -0.05) is 60.7 Å². The number of nitrogens with zero attached hydrogens (tertiary/aromatic N) is 2. The van der Waals surface area contributed by atoms with Crippen LogP contribution in [-0.4, -0.2) is 33.5 Å². The van der Waals surface area contributed by atoms with Gasteiger partial charge in [0.05, 0.1) is 11.4 Å². The second kappa shape index (κ2) is 12.3. The molecule has 2 aromatic carbocycles. The first-order chi connectivity index (χ1) is 15.6. The van der Waals surface area contributed by atoms with Crippen LogP contribution in [0.2, 0.25) is 0 Å². The number of aromatic nitrogens is 2. The van der Waals surface area contributed by atoms with E-state index in [0.29, 0.717) is 10.3 Å². The Balaban J connectivity index is 0.000000181. The molecule has 164 valence electrons. The van der Waals surface area contributed by atoms with E-state index in [1.165, 1.54) is 22.7 Å². The number of hydrogen-bond donors (Lipinski definition) is 2. The largest absolute Gasteiger partial charge is 0.301 e. The average molecular weight is 505 g/mol. The van der Waals surface area contributed by atoms with Gasteiger partial charge in [-0.15, -0.1) is 45.9 Å². The highest BCUT2D eigenvalue weighted by molar-refractivity contribution is 7.14. The standard InChI is InChI=1S/2C11H9ClN2OS/c2*12-6-10(15)14-11-13-9(7-16-11)8-4-2-1-3-5-8/h2*1-5,7H,6H2,(H,13,14,15). The Morgan fingerprint density at radius 2 is 1.06 bits per heavy atom. The van der Waals surface area contributed by atoms with Crippen LogP contribution >= 0.6 is 45.9 Å². The molecule has 0 aliphatic heterocycles. The van der Waals surface area contributed by atoms with Crippen molar-refractivity contribution in [3.05, 3.63) is 71.4 Å². The molecule has 4 rings (SSSR count). The molecule has 0 unspecified atom stereocenters. The Bertz CT molecular complexity index is 1060. The lowest BCUT2D eigenvalue weighted by atomic mass is 10.2. The van der Waals surface area contributed by atoms with E-state index < -0.39 is 0 Å². The van der Waals surface area contributed by atoms with Gasteiger partial charge >= 0.3 is 0 Å². The number of hydrogen-bond acceptors (Lipinski definition) is 6. The lowest BCUT2D eigenvalue weighted by Crippen LogP contribution is -2.12. The molecule has 10 heteroatoms. The van der Waals surface area contributed by atoms with Crippen LogP contribution in [0.5, 0.6) is 0 Å². The van der Waals surface area contributed by atoms with Gasteiger partial charge in [-0.25, -0.2) is 9.97 Å². The monoisotopic (exact) mass is 504 g/mol. The van der Waals surface area contributed by atoms with Gasteiger partial charge in [0.15, 0.2) is 10.3 Å². The summed E-state index contributed by atoms with van der Waals surface area (Å²) >= 11 is 13.6. The van der Waals surface area contributed by atoms with Gasteiger partial charge in [-0.05, 0) is 0 Å². The molecule has 6 nitrogen and oxygen atoms in total. The summed E-state index contributed by atoms with van der Waals surface area (Å²) in [6.07, 6.45) is 0. The van der Waals surface area contributed by atoms with E-state index in [1.807, 2.05) is 71.4 Å². The molecule has 0 saturated heterocycles. The third-order valence-corrected chi connectivity index (χ3v) is 5.88. The van der Waals surface area contributed by atoms with Gasteiger partial charge in [-0.3, -0.25) is 9.59 Å². The van der Waals surface area contributed by atoms with Crippen LogP contribution in [0.3, 0.4) is 0 Å². The van der Waals surface area contributed by atoms with Crippen LogP contribution < -0.4 is 10.6 Å². The Labute approximate surface area is 203 Å². The molecule has 0 bridgehead atoms. The van der Waals surface area contributed by atoms with Crippen molar-refractivity contribution in [2.75, 3.05) is 22.4 Å². The third-order valence-electron chi connectivity index (χ3n) is 3.88. The maximum Gasteiger partial charge on any atom is 0.241 e. The number of nitrogens with one attached hydrogen (secondary N) is 2. The number of amides is 2. The molecule has 0 spiro atoms. The Hall–Kier alpha value is -2.78. The molecule has 0 aliphatic rings. The van der Waals surface area contributed by atoms with E-state index in [1.54, 1.807) is 0 Å². The van der Waals surface area contributed by atoms with Crippen LogP contribution in [0.25, 0.3) is 22.5 Å². The molecule has 4 aromatic rings. The molecule has 32 heavy (non-hydrogen) atoms. The fraction of sp³-hybridized carbons (Fsp3) is 0.0909. The second-order valence-corrected chi connectivity index (χ2v) is 8.42. The highest BCUT2D eigenvalue weighted by atomic mass is 35.5. The first-order valence-electron chi connectivity index (χ1n) is 9.32. The van der Waals surface area contributed by atoms with E-state index in [-0.39, 0.29) is 23.6 Å². The van der Waals surface area contributed by atoms with Gasteiger partial charge < -0.3 is 10.6 Å². The first kappa shape index (κ1) is 23.9. The summed E-state index contributed by atoms with van der Waals surface area (Å²) in [6.45, 7) is 0. The van der Waals surface area contributed by atoms with E-state index in [9.17, 15) is 9.59 Å². The predicted molar refractivity (Wildman–Crippen MR) is 134 cm³/mol. The number of rotatable bonds is 6.